The number of amides is 1. The Balaban J connectivity index is 1.65. The van der Waals surface area contributed by atoms with Crippen LogP contribution in [0, 0.1) is 5.92 Å². The van der Waals surface area contributed by atoms with Gasteiger partial charge in [-0.25, -0.2) is 0 Å². The largest absolute Gasteiger partial charge is 0.375 e. The van der Waals surface area contributed by atoms with E-state index in [2.05, 4.69) is 0 Å². The second-order valence-corrected chi connectivity index (χ2v) is 4.68. The lowest BCUT2D eigenvalue weighted by atomic mass is 10.1. The first-order valence-electron chi connectivity index (χ1n) is 6.39. The molecular formula is C14H20N2O2. The van der Waals surface area contributed by atoms with E-state index in [1.807, 2.05) is 35.2 Å². The summed E-state index contributed by atoms with van der Waals surface area (Å²) in [5.74, 6) is 0.528. The fourth-order valence-corrected chi connectivity index (χ4v) is 2.17. The standard InChI is InChI=1S/C14H20N2O2/c15-9-13-8-14(17)16(10-13)6-7-18-11-12-4-2-1-3-5-12/h1-5,13H,6-11,15H2. The summed E-state index contributed by atoms with van der Waals surface area (Å²) in [5.41, 5.74) is 6.74. The lowest BCUT2D eigenvalue weighted by molar-refractivity contribution is -0.128. The van der Waals surface area contributed by atoms with Crippen LogP contribution in [0.2, 0.25) is 0 Å². The Morgan fingerprint density at radius 1 is 1.33 bits per heavy atom. The molecule has 1 fully saturated rings. The molecule has 1 aromatic rings. The van der Waals surface area contributed by atoms with Crippen LogP contribution in [0.1, 0.15) is 12.0 Å². The van der Waals surface area contributed by atoms with Crippen molar-refractivity contribution in [3.63, 3.8) is 0 Å². The van der Waals surface area contributed by atoms with Gasteiger partial charge in [-0.05, 0) is 18.0 Å². The van der Waals surface area contributed by atoms with Crippen molar-refractivity contribution in [2.75, 3.05) is 26.2 Å². The van der Waals surface area contributed by atoms with E-state index in [1.54, 1.807) is 0 Å². The third-order valence-electron chi connectivity index (χ3n) is 3.25. The number of nitrogens with two attached hydrogens (primary N) is 1. The molecule has 98 valence electrons. The highest BCUT2D eigenvalue weighted by Crippen LogP contribution is 2.15. The molecule has 0 aliphatic carbocycles. The smallest absolute Gasteiger partial charge is 0.223 e. The minimum absolute atomic E-state index is 0.203. The Hall–Kier alpha value is -1.39. The summed E-state index contributed by atoms with van der Waals surface area (Å²) >= 11 is 0. The van der Waals surface area contributed by atoms with E-state index in [9.17, 15) is 4.79 Å². The summed E-state index contributed by atoms with van der Waals surface area (Å²) in [7, 11) is 0. The SMILES string of the molecule is NCC1CC(=O)N(CCOCc2ccccc2)C1. The van der Waals surface area contributed by atoms with Crippen LogP contribution in [-0.2, 0) is 16.1 Å². The Bertz CT molecular complexity index is 381. The second-order valence-electron chi connectivity index (χ2n) is 4.68. The van der Waals surface area contributed by atoms with Crippen LogP contribution in [0.25, 0.3) is 0 Å². The van der Waals surface area contributed by atoms with Crippen molar-refractivity contribution in [2.24, 2.45) is 11.7 Å². The molecular weight excluding hydrogens is 228 g/mol. The first kappa shape index (κ1) is 13.1. The van der Waals surface area contributed by atoms with Gasteiger partial charge in [0.2, 0.25) is 5.91 Å². The van der Waals surface area contributed by atoms with E-state index < -0.39 is 0 Å². The van der Waals surface area contributed by atoms with Crippen molar-refractivity contribution < 1.29 is 9.53 Å². The molecule has 1 unspecified atom stereocenters. The van der Waals surface area contributed by atoms with Crippen LogP contribution in [0.3, 0.4) is 0 Å². The third-order valence-corrected chi connectivity index (χ3v) is 3.25. The molecule has 4 nitrogen and oxygen atoms in total. The monoisotopic (exact) mass is 248 g/mol. The van der Waals surface area contributed by atoms with Crippen LogP contribution in [-0.4, -0.2) is 37.0 Å². The molecule has 2 rings (SSSR count). The van der Waals surface area contributed by atoms with Gasteiger partial charge in [0, 0.05) is 19.5 Å². The van der Waals surface area contributed by atoms with E-state index in [4.69, 9.17) is 10.5 Å². The van der Waals surface area contributed by atoms with E-state index in [-0.39, 0.29) is 5.91 Å². The van der Waals surface area contributed by atoms with Crippen molar-refractivity contribution >= 4 is 5.91 Å². The fourth-order valence-electron chi connectivity index (χ4n) is 2.17. The summed E-state index contributed by atoms with van der Waals surface area (Å²) in [6, 6.07) is 10.0. The van der Waals surface area contributed by atoms with Crippen LogP contribution < -0.4 is 5.73 Å². The summed E-state index contributed by atoms with van der Waals surface area (Å²) in [6.45, 7) is 3.22. The zero-order valence-electron chi connectivity index (χ0n) is 10.5. The molecule has 0 bridgehead atoms. The Morgan fingerprint density at radius 2 is 2.11 bits per heavy atom. The Kier molecular flexibility index (Phi) is 4.73. The number of rotatable bonds is 6. The van der Waals surface area contributed by atoms with E-state index in [1.165, 1.54) is 0 Å². The van der Waals surface area contributed by atoms with E-state index in [0.29, 0.717) is 38.6 Å². The number of nitrogens with zero attached hydrogens (tertiary/aromatic N) is 1. The molecule has 1 aliphatic heterocycles. The van der Waals surface area contributed by atoms with Crippen molar-refractivity contribution in [3.8, 4) is 0 Å². The summed E-state index contributed by atoms with van der Waals surface area (Å²) < 4.78 is 5.57. The molecule has 1 aromatic carbocycles. The maximum Gasteiger partial charge on any atom is 0.223 e. The summed E-state index contributed by atoms with van der Waals surface area (Å²) in [6.07, 6.45) is 0.592. The highest BCUT2D eigenvalue weighted by molar-refractivity contribution is 5.78. The van der Waals surface area contributed by atoms with Gasteiger partial charge >= 0.3 is 0 Å². The molecule has 1 saturated heterocycles. The van der Waals surface area contributed by atoms with Gasteiger partial charge in [0.25, 0.3) is 0 Å². The van der Waals surface area contributed by atoms with E-state index >= 15 is 0 Å². The zero-order chi connectivity index (χ0) is 12.8. The lowest BCUT2D eigenvalue weighted by Gasteiger charge is -2.16. The maximum atomic E-state index is 11.6. The minimum Gasteiger partial charge on any atom is -0.375 e. The van der Waals surface area contributed by atoms with Gasteiger partial charge in [0.05, 0.1) is 13.2 Å². The van der Waals surface area contributed by atoms with Gasteiger partial charge in [0.15, 0.2) is 0 Å². The van der Waals surface area contributed by atoms with Gasteiger partial charge < -0.3 is 15.4 Å². The van der Waals surface area contributed by atoms with Gasteiger partial charge in [-0.15, -0.1) is 0 Å². The number of benzene rings is 1. The van der Waals surface area contributed by atoms with Crippen LogP contribution in [0.5, 0.6) is 0 Å². The number of hydrogen-bond acceptors (Lipinski definition) is 3. The zero-order valence-corrected chi connectivity index (χ0v) is 10.5. The van der Waals surface area contributed by atoms with Gasteiger partial charge in [0.1, 0.15) is 0 Å². The average molecular weight is 248 g/mol. The first-order valence-corrected chi connectivity index (χ1v) is 6.39. The quantitative estimate of drug-likeness (QED) is 0.764. The highest BCUT2D eigenvalue weighted by Gasteiger charge is 2.27. The fraction of sp³-hybridized carbons (Fsp3) is 0.500. The Labute approximate surface area is 108 Å². The van der Waals surface area contributed by atoms with Gasteiger partial charge in [-0.3, -0.25) is 4.79 Å². The number of hydrogen-bond donors (Lipinski definition) is 1. The average Bonchev–Trinajstić information content (AvgIpc) is 2.77. The lowest BCUT2D eigenvalue weighted by Crippen LogP contribution is -2.29. The highest BCUT2D eigenvalue weighted by atomic mass is 16.5. The molecule has 2 N–H and O–H groups in total. The molecule has 4 heteroatoms. The van der Waals surface area contributed by atoms with Crippen molar-refractivity contribution in [1.29, 1.82) is 0 Å². The number of carbonyl (C=O) groups is 1. The third kappa shape index (κ3) is 3.55. The van der Waals surface area contributed by atoms with Crippen LogP contribution >= 0.6 is 0 Å². The molecule has 0 aromatic heterocycles. The topological polar surface area (TPSA) is 55.6 Å². The number of likely N-dealkylation sites (tertiary alicyclic amines) is 1. The van der Waals surface area contributed by atoms with Crippen LogP contribution in [0.4, 0.5) is 0 Å². The number of ether oxygens (including phenoxy) is 1. The van der Waals surface area contributed by atoms with Gasteiger partial charge in [-0.1, -0.05) is 30.3 Å². The molecule has 0 saturated carbocycles. The molecule has 18 heavy (non-hydrogen) atoms. The van der Waals surface area contributed by atoms with Crippen molar-refractivity contribution in [3.05, 3.63) is 35.9 Å². The second kappa shape index (κ2) is 6.52. The number of carbonyl (C=O) groups excluding carboxylic acids is 1. The normalized spacial score (nSPS) is 19.5. The molecule has 1 heterocycles. The molecule has 1 aliphatic rings. The maximum absolute atomic E-state index is 11.6. The molecule has 0 spiro atoms. The van der Waals surface area contributed by atoms with Crippen molar-refractivity contribution in [1.82, 2.24) is 4.90 Å². The predicted molar refractivity (Wildman–Crippen MR) is 69.8 cm³/mol. The molecule has 0 radical (unpaired) electrons. The van der Waals surface area contributed by atoms with Gasteiger partial charge in [-0.2, -0.15) is 0 Å². The molecule has 1 atom stereocenters. The van der Waals surface area contributed by atoms with E-state index in [0.717, 1.165) is 12.1 Å². The first-order chi connectivity index (χ1) is 8.79. The van der Waals surface area contributed by atoms with Crippen molar-refractivity contribution in [2.45, 2.75) is 13.0 Å². The summed E-state index contributed by atoms with van der Waals surface area (Å²) in [5, 5.41) is 0. The predicted octanol–water partition coefficient (Wildman–Crippen LogP) is 1.01. The minimum atomic E-state index is 0.203. The molecule has 1 amide bonds. The Morgan fingerprint density at radius 3 is 2.78 bits per heavy atom. The summed E-state index contributed by atoms with van der Waals surface area (Å²) in [4.78, 5) is 13.5. The van der Waals surface area contributed by atoms with Crippen LogP contribution in [0.15, 0.2) is 30.3 Å².